The van der Waals surface area contributed by atoms with Crippen molar-refractivity contribution < 1.29 is 9.47 Å². The largest absolute Gasteiger partial charge is 0.467 e. The van der Waals surface area contributed by atoms with Crippen LogP contribution in [0.25, 0.3) is 0 Å². The summed E-state index contributed by atoms with van der Waals surface area (Å²) in [5.74, 6) is 1.00. The van der Waals surface area contributed by atoms with E-state index < -0.39 is 0 Å². The second-order valence-electron chi connectivity index (χ2n) is 4.77. The lowest BCUT2D eigenvalue weighted by molar-refractivity contribution is -0.0192. The Kier molecular flexibility index (Phi) is 5.94. The standard InChI is InChI=1S/C13H24N6O2/c1-4-14-11-16-12(18-13(17-11)20-3)15-8-10-9-19(5-2)6-7-21-10/h10H,4-9H2,1-3H3,(H2,14,15,16,17,18). The van der Waals surface area contributed by atoms with Crippen LogP contribution in [0.4, 0.5) is 11.9 Å². The first-order chi connectivity index (χ1) is 10.2. The fraction of sp³-hybridized carbons (Fsp3) is 0.769. The molecule has 2 N–H and O–H groups in total. The molecule has 0 radical (unpaired) electrons. The minimum atomic E-state index is 0.143. The molecule has 21 heavy (non-hydrogen) atoms. The van der Waals surface area contributed by atoms with Crippen LogP contribution in [0.15, 0.2) is 0 Å². The van der Waals surface area contributed by atoms with E-state index in [4.69, 9.17) is 9.47 Å². The zero-order valence-electron chi connectivity index (χ0n) is 12.9. The average molecular weight is 296 g/mol. The Balaban J connectivity index is 1.93. The summed E-state index contributed by atoms with van der Waals surface area (Å²) in [6, 6.07) is 0.295. The molecule has 0 aromatic carbocycles. The van der Waals surface area contributed by atoms with Gasteiger partial charge in [-0.2, -0.15) is 15.0 Å². The van der Waals surface area contributed by atoms with Gasteiger partial charge in [-0.05, 0) is 13.5 Å². The number of hydrogen-bond acceptors (Lipinski definition) is 8. The first kappa shape index (κ1) is 15.7. The molecule has 1 saturated heterocycles. The van der Waals surface area contributed by atoms with Crippen LogP contribution in [0.3, 0.4) is 0 Å². The van der Waals surface area contributed by atoms with Crippen LogP contribution < -0.4 is 15.4 Å². The monoisotopic (exact) mass is 296 g/mol. The highest BCUT2D eigenvalue weighted by molar-refractivity contribution is 5.35. The smallest absolute Gasteiger partial charge is 0.322 e. The number of ether oxygens (including phenoxy) is 2. The SMILES string of the molecule is CCNc1nc(NCC2CN(CC)CCO2)nc(OC)n1. The first-order valence-corrected chi connectivity index (χ1v) is 7.36. The molecule has 8 heteroatoms. The topological polar surface area (TPSA) is 84.4 Å². The number of rotatable bonds is 7. The van der Waals surface area contributed by atoms with E-state index in [2.05, 4.69) is 37.4 Å². The van der Waals surface area contributed by atoms with Gasteiger partial charge in [0, 0.05) is 26.2 Å². The molecule has 2 rings (SSSR count). The quantitative estimate of drug-likeness (QED) is 0.750. The molecule has 0 amide bonds. The second kappa shape index (κ2) is 7.94. The molecule has 1 aliphatic rings. The Morgan fingerprint density at radius 2 is 2.00 bits per heavy atom. The van der Waals surface area contributed by atoms with Crippen molar-refractivity contribution in [2.75, 3.05) is 57.1 Å². The number of aromatic nitrogens is 3. The van der Waals surface area contributed by atoms with Gasteiger partial charge >= 0.3 is 6.01 Å². The zero-order chi connectivity index (χ0) is 15.1. The molecule has 1 aliphatic heterocycles. The van der Waals surface area contributed by atoms with Gasteiger partial charge in [0.05, 0.1) is 19.8 Å². The first-order valence-electron chi connectivity index (χ1n) is 7.36. The Morgan fingerprint density at radius 1 is 1.24 bits per heavy atom. The van der Waals surface area contributed by atoms with Gasteiger partial charge in [-0.25, -0.2) is 0 Å². The average Bonchev–Trinajstić information content (AvgIpc) is 2.53. The van der Waals surface area contributed by atoms with Crippen molar-refractivity contribution in [2.45, 2.75) is 20.0 Å². The van der Waals surface area contributed by atoms with E-state index in [1.165, 1.54) is 7.11 Å². The van der Waals surface area contributed by atoms with E-state index in [1.807, 2.05) is 6.92 Å². The molecule has 0 spiro atoms. The molecule has 0 aliphatic carbocycles. The molecule has 2 heterocycles. The van der Waals surface area contributed by atoms with Crippen molar-refractivity contribution in [1.82, 2.24) is 19.9 Å². The van der Waals surface area contributed by atoms with Gasteiger partial charge in [-0.15, -0.1) is 0 Å². The van der Waals surface area contributed by atoms with Crippen LogP contribution >= 0.6 is 0 Å². The molecule has 0 saturated carbocycles. The van der Waals surface area contributed by atoms with Crippen LogP contribution in [0.5, 0.6) is 6.01 Å². The van der Waals surface area contributed by atoms with E-state index in [-0.39, 0.29) is 6.10 Å². The van der Waals surface area contributed by atoms with Gasteiger partial charge in [-0.3, -0.25) is 4.90 Å². The van der Waals surface area contributed by atoms with Crippen molar-refractivity contribution in [3.8, 4) is 6.01 Å². The molecular weight excluding hydrogens is 272 g/mol. The van der Waals surface area contributed by atoms with Crippen LogP contribution in [0.2, 0.25) is 0 Å². The highest BCUT2D eigenvalue weighted by Crippen LogP contribution is 2.11. The summed E-state index contributed by atoms with van der Waals surface area (Å²) in [7, 11) is 1.54. The summed E-state index contributed by atoms with van der Waals surface area (Å²) in [6.45, 7) is 9.28. The third-order valence-corrected chi connectivity index (χ3v) is 3.29. The maximum Gasteiger partial charge on any atom is 0.322 e. The number of nitrogens with one attached hydrogen (secondary N) is 2. The van der Waals surface area contributed by atoms with E-state index in [9.17, 15) is 0 Å². The van der Waals surface area contributed by atoms with Gasteiger partial charge in [0.2, 0.25) is 11.9 Å². The van der Waals surface area contributed by atoms with E-state index >= 15 is 0 Å². The van der Waals surface area contributed by atoms with Crippen molar-refractivity contribution >= 4 is 11.9 Å². The minimum Gasteiger partial charge on any atom is -0.467 e. The Labute approximate surface area is 125 Å². The predicted octanol–water partition coefficient (Wildman–Crippen LogP) is 0.445. The molecule has 0 bridgehead atoms. The number of anilines is 2. The summed E-state index contributed by atoms with van der Waals surface area (Å²) in [6.07, 6.45) is 0.143. The highest BCUT2D eigenvalue weighted by atomic mass is 16.5. The molecule has 1 unspecified atom stereocenters. The number of hydrogen-bond donors (Lipinski definition) is 2. The number of nitrogens with zero attached hydrogens (tertiary/aromatic N) is 4. The summed E-state index contributed by atoms with van der Waals surface area (Å²) >= 11 is 0. The molecular formula is C13H24N6O2. The molecule has 1 fully saturated rings. The number of morpholine rings is 1. The normalized spacial score (nSPS) is 19.3. The fourth-order valence-corrected chi connectivity index (χ4v) is 2.16. The lowest BCUT2D eigenvalue weighted by Gasteiger charge is -2.32. The molecule has 1 atom stereocenters. The van der Waals surface area contributed by atoms with Crippen molar-refractivity contribution in [1.29, 1.82) is 0 Å². The Hall–Kier alpha value is -1.67. The molecule has 1 aromatic heterocycles. The number of likely N-dealkylation sites (N-methyl/N-ethyl adjacent to an activating group) is 1. The van der Waals surface area contributed by atoms with Gasteiger partial charge in [0.15, 0.2) is 0 Å². The fourth-order valence-electron chi connectivity index (χ4n) is 2.16. The van der Waals surface area contributed by atoms with Crippen LogP contribution in [0, 0.1) is 0 Å². The molecule has 8 nitrogen and oxygen atoms in total. The predicted molar refractivity (Wildman–Crippen MR) is 80.9 cm³/mol. The minimum absolute atomic E-state index is 0.143. The lowest BCUT2D eigenvalue weighted by atomic mass is 10.2. The van der Waals surface area contributed by atoms with Gasteiger partial charge in [0.25, 0.3) is 0 Å². The van der Waals surface area contributed by atoms with Gasteiger partial charge in [0.1, 0.15) is 0 Å². The Morgan fingerprint density at radius 3 is 2.67 bits per heavy atom. The number of methoxy groups -OCH3 is 1. The summed E-state index contributed by atoms with van der Waals surface area (Å²) in [5, 5.41) is 6.25. The molecule has 1 aromatic rings. The maximum absolute atomic E-state index is 5.74. The summed E-state index contributed by atoms with van der Waals surface area (Å²) in [5.41, 5.74) is 0. The van der Waals surface area contributed by atoms with E-state index in [0.717, 1.165) is 32.8 Å². The highest BCUT2D eigenvalue weighted by Gasteiger charge is 2.19. The van der Waals surface area contributed by atoms with Crippen molar-refractivity contribution in [3.05, 3.63) is 0 Å². The third-order valence-electron chi connectivity index (χ3n) is 3.29. The van der Waals surface area contributed by atoms with Gasteiger partial charge in [-0.1, -0.05) is 6.92 Å². The summed E-state index contributed by atoms with van der Waals surface area (Å²) < 4.78 is 10.8. The third kappa shape index (κ3) is 4.68. The maximum atomic E-state index is 5.74. The van der Waals surface area contributed by atoms with E-state index in [0.29, 0.717) is 24.5 Å². The molecule has 118 valence electrons. The van der Waals surface area contributed by atoms with Crippen LogP contribution in [0.1, 0.15) is 13.8 Å². The van der Waals surface area contributed by atoms with E-state index in [1.54, 1.807) is 0 Å². The second-order valence-corrected chi connectivity index (χ2v) is 4.77. The summed E-state index contributed by atoms with van der Waals surface area (Å²) in [4.78, 5) is 15.0. The van der Waals surface area contributed by atoms with Crippen LogP contribution in [-0.4, -0.2) is 72.4 Å². The Bertz CT molecular complexity index is 445. The van der Waals surface area contributed by atoms with Gasteiger partial charge < -0.3 is 20.1 Å². The zero-order valence-corrected chi connectivity index (χ0v) is 12.9. The van der Waals surface area contributed by atoms with Crippen molar-refractivity contribution in [3.63, 3.8) is 0 Å². The van der Waals surface area contributed by atoms with Crippen LogP contribution in [-0.2, 0) is 4.74 Å². The van der Waals surface area contributed by atoms with Crippen molar-refractivity contribution in [2.24, 2.45) is 0 Å². The lowest BCUT2D eigenvalue weighted by Crippen LogP contribution is -2.45.